The van der Waals surface area contributed by atoms with E-state index < -0.39 is 35.9 Å². The van der Waals surface area contributed by atoms with E-state index in [-0.39, 0.29) is 22.6 Å². The van der Waals surface area contributed by atoms with Gasteiger partial charge in [-0.05, 0) is 24.6 Å². The molecular weight excluding hydrogens is 390 g/mol. The smallest absolute Gasteiger partial charge is 0.309 e. The highest BCUT2D eigenvalue weighted by Crippen LogP contribution is 2.33. The maximum atomic E-state index is 12.9. The van der Waals surface area contributed by atoms with E-state index in [1.165, 1.54) is 19.1 Å². The molecule has 0 aliphatic rings. The molecule has 0 saturated heterocycles. The molecule has 2 heterocycles. The number of halogens is 6. The number of hydrogen-bond donors (Lipinski definition) is 1. The lowest BCUT2D eigenvalue weighted by Gasteiger charge is -2.12. The fourth-order valence-corrected chi connectivity index (χ4v) is 2.92. The van der Waals surface area contributed by atoms with Gasteiger partial charge >= 0.3 is 12.4 Å². The Morgan fingerprint density at radius 3 is 2.25 bits per heavy atom. The van der Waals surface area contributed by atoms with E-state index >= 15 is 0 Å². The first-order chi connectivity index (χ1) is 12.9. The SMILES string of the molecule is Cc1nc2c([C@@H](C)c3ccc(C(F)(F)F)cc3)nn(CC(F)(F)F)c2c(=O)[nH]1. The second-order valence-electron chi connectivity index (χ2n) is 6.35. The number of fused-ring (bicyclic) bond motifs is 1. The zero-order chi connectivity index (χ0) is 20.9. The molecule has 0 radical (unpaired) electrons. The number of nitrogens with one attached hydrogen (secondary N) is 1. The van der Waals surface area contributed by atoms with Crippen LogP contribution in [-0.4, -0.2) is 25.9 Å². The Kier molecular flexibility index (Phi) is 4.72. The molecule has 28 heavy (non-hydrogen) atoms. The third-order valence-electron chi connectivity index (χ3n) is 4.22. The number of benzene rings is 1. The number of nitrogens with zero attached hydrogens (tertiary/aromatic N) is 3. The van der Waals surface area contributed by atoms with E-state index in [0.717, 1.165) is 12.1 Å². The van der Waals surface area contributed by atoms with Crippen LogP contribution < -0.4 is 5.56 Å². The Bertz CT molecular complexity index is 1060. The molecule has 2 aromatic heterocycles. The largest absolute Gasteiger partial charge is 0.416 e. The molecule has 1 N–H and O–H groups in total. The highest BCUT2D eigenvalue weighted by atomic mass is 19.4. The molecule has 0 aliphatic heterocycles. The molecule has 0 fully saturated rings. The highest BCUT2D eigenvalue weighted by molar-refractivity contribution is 5.77. The van der Waals surface area contributed by atoms with Gasteiger partial charge in [-0.25, -0.2) is 9.67 Å². The lowest BCUT2D eigenvalue weighted by molar-refractivity contribution is -0.142. The number of rotatable bonds is 3. The zero-order valence-electron chi connectivity index (χ0n) is 14.6. The van der Waals surface area contributed by atoms with Crippen LogP contribution in [0.4, 0.5) is 26.3 Å². The van der Waals surface area contributed by atoms with Gasteiger partial charge in [-0.1, -0.05) is 19.1 Å². The van der Waals surface area contributed by atoms with Crippen molar-refractivity contribution in [2.75, 3.05) is 0 Å². The van der Waals surface area contributed by atoms with Gasteiger partial charge in [0.2, 0.25) is 0 Å². The van der Waals surface area contributed by atoms with E-state index in [4.69, 9.17) is 0 Å². The Morgan fingerprint density at radius 2 is 1.71 bits per heavy atom. The summed E-state index contributed by atoms with van der Waals surface area (Å²) in [6.45, 7) is 1.55. The first-order valence-corrected chi connectivity index (χ1v) is 8.08. The first kappa shape index (κ1) is 19.9. The van der Waals surface area contributed by atoms with Crippen LogP contribution in [0.1, 0.15) is 35.5 Å². The summed E-state index contributed by atoms with van der Waals surface area (Å²) in [6, 6.07) is 4.21. The van der Waals surface area contributed by atoms with E-state index in [0.29, 0.717) is 10.2 Å². The van der Waals surface area contributed by atoms with Crippen molar-refractivity contribution in [3.63, 3.8) is 0 Å². The normalized spacial score (nSPS) is 13.9. The number of aromatic amines is 1. The quantitative estimate of drug-likeness (QED) is 0.667. The van der Waals surface area contributed by atoms with Crippen LogP contribution in [-0.2, 0) is 12.7 Å². The first-order valence-electron chi connectivity index (χ1n) is 8.08. The van der Waals surface area contributed by atoms with Crippen molar-refractivity contribution < 1.29 is 26.3 Å². The van der Waals surface area contributed by atoms with Gasteiger partial charge in [-0.3, -0.25) is 4.79 Å². The highest BCUT2D eigenvalue weighted by Gasteiger charge is 2.33. The average molecular weight is 404 g/mol. The van der Waals surface area contributed by atoms with Crippen molar-refractivity contribution >= 4 is 11.0 Å². The summed E-state index contributed by atoms with van der Waals surface area (Å²) in [5.74, 6) is -0.502. The van der Waals surface area contributed by atoms with Crippen LogP contribution in [0.25, 0.3) is 11.0 Å². The minimum atomic E-state index is -4.62. The molecule has 0 unspecified atom stereocenters. The summed E-state index contributed by atoms with van der Waals surface area (Å²) >= 11 is 0. The van der Waals surface area contributed by atoms with E-state index in [2.05, 4.69) is 15.1 Å². The minimum Gasteiger partial charge on any atom is -0.309 e. The van der Waals surface area contributed by atoms with Crippen molar-refractivity contribution in [1.82, 2.24) is 19.7 Å². The topological polar surface area (TPSA) is 63.6 Å². The lowest BCUT2D eigenvalue weighted by atomic mass is 9.96. The third-order valence-corrected chi connectivity index (χ3v) is 4.22. The van der Waals surface area contributed by atoms with Crippen LogP contribution in [0.2, 0.25) is 0 Å². The van der Waals surface area contributed by atoms with Crippen molar-refractivity contribution in [2.45, 2.75) is 38.7 Å². The number of aryl methyl sites for hydroxylation is 1. The summed E-state index contributed by atoms with van der Waals surface area (Å²) in [5, 5.41) is 3.92. The Labute approximate surface area is 154 Å². The molecule has 3 rings (SSSR count). The van der Waals surface area contributed by atoms with Gasteiger partial charge in [0.25, 0.3) is 5.56 Å². The molecule has 0 aliphatic carbocycles. The van der Waals surface area contributed by atoms with Gasteiger partial charge in [-0.15, -0.1) is 0 Å². The van der Waals surface area contributed by atoms with Crippen LogP contribution in [0.3, 0.4) is 0 Å². The maximum Gasteiger partial charge on any atom is 0.416 e. The number of hydrogen-bond acceptors (Lipinski definition) is 3. The monoisotopic (exact) mass is 404 g/mol. The van der Waals surface area contributed by atoms with E-state index in [1.54, 1.807) is 6.92 Å². The standard InChI is InChI=1S/C17H14F6N4O/c1-8(10-3-5-11(6-4-10)17(21,22)23)12-13-14(15(28)25-9(2)24-13)27(26-12)7-16(18,19)20/h3-6,8H,7H2,1-2H3,(H,24,25,28)/t8-/m0/s1. The van der Waals surface area contributed by atoms with Crippen molar-refractivity contribution in [2.24, 2.45) is 0 Å². The molecular formula is C17H14F6N4O. The summed E-state index contributed by atoms with van der Waals surface area (Å²) in [6.07, 6.45) is -9.13. The third kappa shape index (κ3) is 3.87. The van der Waals surface area contributed by atoms with Crippen molar-refractivity contribution in [1.29, 1.82) is 0 Å². The van der Waals surface area contributed by atoms with Crippen LogP contribution in [0.15, 0.2) is 29.1 Å². The van der Waals surface area contributed by atoms with Crippen molar-refractivity contribution in [3.05, 3.63) is 57.3 Å². The lowest BCUT2D eigenvalue weighted by Crippen LogP contribution is -2.22. The molecule has 0 amide bonds. The molecule has 1 aromatic carbocycles. The molecule has 11 heteroatoms. The number of H-pyrrole nitrogens is 1. The molecule has 1 atom stereocenters. The van der Waals surface area contributed by atoms with E-state index in [9.17, 15) is 31.1 Å². The van der Waals surface area contributed by atoms with Gasteiger partial charge in [0.15, 0.2) is 5.52 Å². The number of alkyl halides is 6. The molecule has 0 spiro atoms. The predicted molar refractivity (Wildman–Crippen MR) is 87.9 cm³/mol. The second-order valence-corrected chi connectivity index (χ2v) is 6.35. The average Bonchev–Trinajstić information content (AvgIpc) is 2.90. The second kappa shape index (κ2) is 6.64. The molecule has 0 saturated carbocycles. The van der Waals surface area contributed by atoms with E-state index in [1.807, 2.05) is 0 Å². The Balaban J connectivity index is 2.13. The Hall–Kier alpha value is -2.85. The molecule has 150 valence electrons. The zero-order valence-corrected chi connectivity index (χ0v) is 14.6. The molecule has 5 nitrogen and oxygen atoms in total. The summed E-state index contributed by atoms with van der Waals surface area (Å²) in [5.41, 5.74) is -1.50. The molecule has 3 aromatic rings. The van der Waals surface area contributed by atoms with Gasteiger partial charge in [0.1, 0.15) is 17.9 Å². The summed E-state index contributed by atoms with van der Waals surface area (Å²) in [7, 11) is 0. The predicted octanol–water partition coefficient (Wildman–Crippen LogP) is 4.16. The van der Waals surface area contributed by atoms with Crippen LogP contribution in [0, 0.1) is 6.92 Å². The fourth-order valence-electron chi connectivity index (χ4n) is 2.92. The summed E-state index contributed by atoms with van der Waals surface area (Å²) < 4.78 is 77.3. The minimum absolute atomic E-state index is 0.0158. The fraction of sp³-hybridized carbons (Fsp3) is 0.353. The van der Waals surface area contributed by atoms with Gasteiger partial charge in [-0.2, -0.15) is 31.4 Å². The molecule has 0 bridgehead atoms. The number of aromatic nitrogens is 4. The van der Waals surface area contributed by atoms with Crippen LogP contribution >= 0.6 is 0 Å². The Morgan fingerprint density at radius 1 is 1.11 bits per heavy atom. The van der Waals surface area contributed by atoms with Gasteiger partial charge in [0.05, 0.1) is 11.3 Å². The maximum absolute atomic E-state index is 12.9. The van der Waals surface area contributed by atoms with Gasteiger partial charge in [0, 0.05) is 5.92 Å². The summed E-state index contributed by atoms with van der Waals surface area (Å²) in [4.78, 5) is 18.6. The van der Waals surface area contributed by atoms with Gasteiger partial charge < -0.3 is 4.98 Å². The van der Waals surface area contributed by atoms with Crippen molar-refractivity contribution in [3.8, 4) is 0 Å². The van der Waals surface area contributed by atoms with Crippen LogP contribution in [0.5, 0.6) is 0 Å².